The SMILES string of the molecule is CC(C)CNCc1ccoc1CN1CCC(C)(C)C1. The number of hydrogen-bond donors (Lipinski definition) is 1. The van der Waals surface area contributed by atoms with Crippen molar-refractivity contribution < 1.29 is 4.42 Å². The molecule has 0 amide bonds. The highest BCUT2D eigenvalue weighted by Crippen LogP contribution is 2.30. The molecule has 1 aliphatic heterocycles. The molecule has 0 radical (unpaired) electrons. The molecular formula is C16H28N2O. The Hall–Kier alpha value is -0.800. The van der Waals surface area contributed by atoms with Crippen molar-refractivity contribution in [3.8, 4) is 0 Å². The van der Waals surface area contributed by atoms with Gasteiger partial charge in [0.1, 0.15) is 5.76 Å². The zero-order valence-corrected chi connectivity index (χ0v) is 12.8. The van der Waals surface area contributed by atoms with Crippen LogP contribution in [0.3, 0.4) is 0 Å². The molecule has 19 heavy (non-hydrogen) atoms. The molecule has 0 aliphatic carbocycles. The van der Waals surface area contributed by atoms with Gasteiger partial charge in [0.05, 0.1) is 12.8 Å². The van der Waals surface area contributed by atoms with E-state index in [1.54, 1.807) is 0 Å². The lowest BCUT2D eigenvalue weighted by atomic mass is 9.93. The second-order valence-corrected chi connectivity index (χ2v) is 7.02. The maximum absolute atomic E-state index is 5.67. The van der Waals surface area contributed by atoms with Gasteiger partial charge in [-0.25, -0.2) is 0 Å². The molecule has 0 atom stereocenters. The molecule has 0 aromatic carbocycles. The van der Waals surface area contributed by atoms with Crippen LogP contribution in [0.4, 0.5) is 0 Å². The summed E-state index contributed by atoms with van der Waals surface area (Å²) in [5.41, 5.74) is 1.77. The number of nitrogens with one attached hydrogen (secondary N) is 1. The highest BCUT2D eigenvalue weighted by Gasteiger charge is 2.29. The van der Waals surface area contributed by atoms with Crippen molar-refractivity contribution in [3.63, 3.8) is 0 Å². The molecule has 3 nitrogen and oxygen atoms in total. The summed E-state index contributed by atoms with van der Waals surface area (Å²) in [7, 11) is 0. The van der Waals surface area contributed by atoms with Crippen molar-refractivity contribution in [1.82, 2.24) is 10.2 Å². The first-order valence-electron chi connectivity index (χ1n) is 7.44. The molecule has 1 aliphatic rings. The molecule has 1 aromatic heterocycles. The number of furan rings is 1. The minimum absolute atomic E-state index is 0.461. The van der Waals surface area contributed by atoms with Crippen LogP contribution in [0.15, 0.2) is 16.7 Å². The van der Waals surface area contributed by atoms with Gasteiger partial charge in [0.15, 0.2) is 0 Å². The molecule has 0 unspecified atom stereocenters. The van der Waals surface area contributed by atoms with Crippen LogP contribution in [0, 0.1) is 11.3 Å². The van der Waals surface area contributed by atoms with Crippen LogP contribution in [0.25, 0.3) is 0 Å². The number of rotatable bonds is 6. The summed E-state index contributed by atoms with van der Waals surface area (Å²) < 4.78 is 5.67. The fourth-order valence-corrected chi connectivity index (χ4v) is 2.72. The summed E-state index contributed by atoms with van der Waals surface area (Å²) >= 11 is 0. The third-order valence-corrected chi connectivity index (χ3v) is 3.83. The quantitative estimate of drug-likeness (QED) is 0.855. The third-order valence-electron chi connectivity index (χ3n) is 3.83. The van der Waals surface area contributed by atoms with E-state index in [-0.39, 0.29) is 0 Å². The lowest BCUT2D eigenvalue weighted by molar-refractivity contribution is 0.261. The molecule has 0 bridgehead atoms. The van der Waals surface area contributed by atoms with Crippen molar-refractivity contribution in [2.45, 2.75) is 47.2 Å². The standard InChI is InChI=1S/C16H28N2O/c1-13(2)9-17-10-14-5-8-19-15(14)11-18-7-6-16(3,4)12-18/h5,8,13,17H,6-7,9-12H2,1-4H3. The Bertz CT molecular complexity index is 395. The molecular weight excluding hydrogens is 236 g/mol. The molecule has 108 valence electrons. The van der Waals surface area contributed by atoms with Gasteiger partial charge in [-0.1, -0.05) is 27.7 Å². The molecule has 2 heterocycles. The van der Waals surface area contributed by atoms with Gasteiger partial charge in [-0.15, -0.1) is 0 Å². The van der Waals surface area contributed by atoms with E-state index >= 15 is 0 Å². The zero-order valence-electron chi connectivity index (χ0n) is 12.8. The van der Waals surface area contributed by atoms with Crippen LogP contribution in [0.1, 0.15) is 45.4 Å². The van der Waals surface area contributed by atoms with Crippen LogP contribution in [0.5, 0.6) is 0 Å². The van der Waals surface area contributed by atoms with Gasteiger partial charge in [-0.05, 0) is 36.9 Å². The first kappa shape index (κ1) is 14.6. The van der Waals surface area contributed by atoms with Crippen molar-refractivity contribution in [2.75, 3.05) is 19.6 Å². The predicted molar refractivity (Wildman–Crippen MR) is 78.9 cm³/mol. The summed E-state index contributed by atoms with van der Waals surface area (Å²) in [6.07, 6.45) is 3.11. The van der Waals surface area contributed by atoms with E-state index in [2.05, 4.69) is 44.0 Å². The number of nitrogens with zero attached hydrogens (tertiary/aromatic N) is 1. The smallest absolute Gasteiger partial charge is 0.122 e. The molecule has 0 saturated carbocycles. The van der Waals surface area contributed by atoms with Crippen molar-refractivity contribution in [3.05, 3.63) is 23.7 Å². The zero-order chi connectivity index (χ0) is 13.9. The van der Waals surface area contributed by atoms with E-state index in [1.165, 1.54) is 25.1 Å². The van der Waals surface area contributed by atoms with Gasteiger partial charge in [-0.2, -0.15) is 0 Å². The number of hydrogen-bond acceptors (Lipinski definition) is 3. The van der Waals surface area contributed by atoms with Gasteiger partial charge < -0.3 is 9.73 Å². The Kier molecular flexibility index (Phi) is 4.69. The maximum atomic E-state index is 5.67. The molecule has 1 fully saturated rings. The summed E-state index contributed by atoms with van der Waals surface area (Å²) in [5, 5.41) is 3.49. The monoisotopic (exact) mass is 264 g/mol. The van der Waals surface area contributed by atoms with Gasteiger partial charge in [0.25, 0.3) is 0 Å². The van der Waals surface area contributed by atoms with Crippen molar-refractivity contribution in [2.24, 2.45) is 11.3 Å². The molecule has 1 saturated heterocycles. The Labute approximate surface area is 117 Å². The van der Waals surface area contributed by atoms with Crippen LogP contribution in [-0.2, 0) is 13.1 Å². The Morgan fingerprint density at radius 3 is 2.84 bits per heavy atom. The minimum atomic E-state index is 0.461. The maximum Gasteiger partial charge on any atom is 0.122 e. The van der Waals surface area contributed by atoms with E-state index in [0.717, 1.165) is 25.4 Å². The van der Waals surface area contributed by atoms with Crippen molar-refractivity contribution >= 4 is 0 Å². The predicted octanol–water partition coefficient (Wildman–Crippen LogP) is 3.26. The minimum Gasteiger partial charge on any atom is -0.468 e. The van der Waals surface area contributed by atoms with Crippen molar-refractivity contribution in [1.29, 1.82) is 0 Å². The van der Waals surface area contributed by atoms with E-state index in [0.29, 0.717) is 11.3 Å². The van der Waals surface area contributed by atoms with Gasteiger partial charge in [0, 0.05) is 18.7 Å². The summed E-state index contributed by atoms with van der Waals surface area (Å²) in [6, 6.07) is 2.10. The van der Waals surface area contributed by atoms with Crippen LogP contribution < -0.4 is 5.32 Å². The molecule has 1 aromatic rings. The van der Waals surface area contributed by atoms with Gasteiger partial charge >= 0.3 is 0 Å². The first-order valence-corrected chi connectivity index (χ1v) is 7.44. The molecule has 1 N–H and O–H groups in total. The lowest BCUT2D eigenvalue weighted by Crippen LogP contribution is -2.24. The fourth-order valence-electron chi connectivity index (χ4n) is 2.72. The van der Waals surface area contributed by atoms with Crippen LogP contribution in [0.2, 0.25) is 0 Å². The summed E-state index contributed by atoms with van der Waals surface area (Å²) in [5.74, 6) is 1.82. The first-order chi connectivity index (χ1) is 8.96. The van der Waals surface area contributed by atoms with E-state index in [1.807, 2.05) is 6.26 Å². The van der Waals surface area contributed by atoms with Crippen LogP contribution >= 0.6 is 0 Å². The topological polar surface area (TPSA) is 28.4 Å². The second-order valence-electron chi connectivity index (χ2n) is 7.02. The van der Waals surface area contributed by atoms with E-state index in [4.69, 9.17) is 4.42 Å². The fraction of sp³-hybridized carbons (Fsp3) is 0.750. The molecule has 3 heteroatoms. The Balaban J connectivity index is 1.86. The van der Waals surface area contributed by atoms with Crippen LogP contribution in [-0.4, -0.2) is 24.5 Å². The lowest BCUT2D eigenvalue weighted by Gasteiger charge is -2.19. The highest BCUT2D eigenvalue weighted by atomic mass is 16.3. The normalized spacial score (nSPS) is 19.4. The number of likely N-dealkylation sites (tertiary alicyclic amines) is 1. The van der Waals surface area contributed by atoms with E-state index in [9.17, 15) is 0 Å². The largest absolute Gasteiger partial charge is 0.468 e. The molecule has 0 spiro atoms. The second kappa shape index (κ2) is 6.10. The van der Waals surface area contributed by atoms with E-state index < -0.39 is 0 Å². The Morgan fingerprint density at radius 2 is 2.21 bits per heavy atom. The average Bonchev–Trinajstić information content (AvgIpc) is 2.86. The molecule has 2 rings (SSSR count). The summed E-state index contributed by atoms with van der Waals surface area (Å²) in [6.45, 7) is 14.4. The van der Waals surface area contributed by atoms with Gasteiger partial charge in [0.2, 0.25) is 0 Å². The Morgan fingerprint density at radius 1 is 1.42 bits per heavy atom. The highest BCUT2D eigenvalue weighted by molar-refractivity contribution is 5.17. The average molecular weight is 264 g/mol. The van der Waals surface area contributed by atoms with Gasteiger partial charge in [-0.3, -0.25) is 4.90 Å². The third kappa shape index (κ3) is 4.36. The summed E-state index contributed by atoms with van der Waals surface area (Å²) in [4.78, 5) is 2.50.